The van der Waals surface area contributed by atoms with Gasteiger partial charge in [-0.2, -0.15) is 0 Å². The Morgan fingerprint density at radius 2 is 1.83 bits per heavy atom. The first-order valence-electron chi connectivity index (χ1n) is 4.85. The van der Waals surface area contributed by atoms with E-state index >= 15 is 0 Å². The number of hydrogen-bond acceptors (Lipinski definition) is 1. The Balaban J connectivity index is 3.17. The van der Waals surface area contributed by atoms with Gasteiger partial charge in [-0.1, -0.05) is 19.1 Å². The van der Waals surface area contributed by atoms with Crippen molar-refractivity contribution in [2.45, 2.75) is 52.6 Å². The van der Waals surface area contributed by atoms with Gasteiger partial charge >= 0.3 is 0 Å². The number of allylic oxidation sites excluding steroid dienone is 2. The van der Waals surface area contributed by atoms with Crippen molar-refractivity contribution >= 4 is 0 Å². The Kier molecular flexibility index (Phi) is 6.09. The standard InChI is InChI=1S/C11H22O/c1-5-6-7-8-9-10-12-11(2,3)4/h6-7H,5,8-10H2,1-4H3/b7-6+. The molecule has 0 bridgehead atoms. The molecular formula is C11H22O. The van der Waals surface area contributed by atoms with E-state index < -0.39 is 0 Å². The van der Waals surface area contributed by atoms with Crippen molar-refractivity contribution in [3.63, 3.8) is 0 Å². The van der Waals surface area contributed by atoms with Crippen molar-refractivity contribution in [1.82, 2.24) is 0 Å². The van der Waals surface area contributed by atoms with Gasteiger partial charge in [0.25, 0.3) is 0 Å². The van der Waals surface area contributed by atoms with Crippen LogP contribution in [0.5, 0.6) is 0 Å². The first-order valence-corrected chi connectivity index (χ1v) is 4.85. The van der Waals surface area contributed by atoms with Gasteiger partial charge in [0.2, 0.25) is 0 Å². The van der Waals surface area contributed by atoms with Gasteiger partial charge in [-0.15, -0.1) is 0 Å². The minimum atomic E-state index is 0.0223. The average molecular weight is 170 g/mol. The zero-order valence-electron chi connectivity index (χ0n) is 8.89. The molecule has 12 heavy (non-hydrogen) atoms. The predicted molar refractivity (Wildman–Crippen MR) is 54.4 cm³/mol. The van der Waals surface area contributed by atoms with E-state index in [1.54, 1.807) is 0 Å². The highest BCUT2D eigenvalue weighted by Gasteiger charge is 2.08. The fourth-order valence-electron chi connectivity index (χ4n) is 0.864. The summed E-state index contributed by atoms with van der Waals surface area (Å²) in [6.45, 7) is 9.30. The summed E-state index contributed by atoms with van der Waals surface area (Å²) in [6, 6.07) is 0. The molecule has 0 unspecified atom stereocenters. The van der Waals surface area contributed by atoms with Crippen LogP contribution in [-0.2, 0) is 4.74 Å². The molecule has 0 rings (SSSR count). The molecule has 0 saturated carbocycles. The summed E-state index contributed by atoms with van der Waals surface area (Å²) in [6.07, 6.45) is 7.85. The molecule has 0 aromatic heterocycles. The van der Waals surface area contributed by atoms with Crippen molar-refractivity contribution in [3.05, 3.63) is 12.2 Å². The fraction of sp³-hybridized carbons (Fsp3) is 0.818. The molecular weight excluding hydrogens is 148 g/mol. The molecule has 0 aromatic carbocycles. The van der Waals surface area contributed by atoms with Crippen LogP contribution >= 0.6 is 0 Å². The molecule has 0 aliphatic rings. The van der Waals surface area contributed by atoms with Crippen LogP contribution in [0, 0.1) is 0 Å². The molecule has 1 heteroatoms. The van der Waals surface area contributed by atoms with Gasteiger partial charge in [0, 0.05) is 6.61 Å². The molecule has 0 spiro atoms. The molecule has 0 aromatic rings. The Labute approximate surface area is 76.8 Å². The molecule has 0 aliphatic heterocycles. The molecule has 0 heterocycles. The van der Waals surface area contributed by atoms with E-state index in [-0.39, 0.29) is 5.60 Å². The summed E-state index contributed by atoms with van der Waals surface area (Å²) in [4.78, 5) is 0. The van der Waals surface area contributed by atoms with Crippen molar-refractivity contribution < 1.29 is 4.74 Å². The lowest BCUT2D eigenvalue weighted by atomic mass is 10.2. The van der Waals surface area contributed by atoms with Gasteiger partial charge in [-0.25, -0.2) is 0 Å². The largest absolute Gasteiger partial charge is 0.376 e. The summed E-state index contributed by atoms with van der Waals surface area (Å²) >= 11 is 0. The van der Waals surface area contributed by atoms with E-state index in [4.69, 9.17) is 4.74 Å². The quantitative estimate of drug-likeness (QED) is 0.453. The Bertz CT molecular complexity index is 119. The third-order valence-electron chi connectivity index (χ3n) is 1.45. The molecule has 0 atom stereocenters. The van der Waals surface area contributed by atoms with Crippen molar-refractivity contribution in [2.24, 2.45) is 0 Å². The lowest BCUT2D eigenvalue weighted by molar-refractivity contribution is -0.00363. The maximum Gasteiger partial charge on any atom is 0.0598 e. The first-order chi connectivity index (χ1) is 5.56. The van der Waals surface area contributed by atoms with E-state index in [0.717, 1.165) is 25.9 Å². The Hall–Kier alpha value is -0.300. The molecule has 0 fully saturated rings. The number of rotatable bonds is 5. The van der Waals surface area contributed by atoms with E-state index in [2.05, 4.69) is 39.8 Å². The highest BCUT2D eigenvalue weighted by atomic mass is 16.5. The van der Waals surface area contributed by atoms with E-state index in [1.165, 1.54) is 0 Å². The smallest absolute Gasteiger partial charge is 0.0598 e. The molecule has 0 amide bonds. The van der Waals surface area contributed by atoms with Gasteiger partial charge in [-0.3, -0.25) is 0 Å². The van der Waals surface area contributed by atoms with Crippen LogP contribution in [0.15, 0.2) is 12.2 Å². The minimum Gasteiger partial charge on any atom is -0.376 e. The highest BCUT2D eigenvalue weighted by Crippen LogP contribution is 2.07. The highest BCUT2D eigenvalue weighted by molar-refractivity contribution is 4.79. The summed E-state index contributed by atoms with van der Waals surface area (Å²) in [5.41, 5.74) is 0.0223. The van der Waals surface area contributed by atoms with Crippen LogP contribution in [0.3, 0.4) is 0 Å². The van der Waals surface area contributed by atoms with E-state index in [0.29, 0.717) is 0 Å². The van der Waals surface area contributed by atoms with Gasteiger partial charge in [0.15, 0.2) is 0 Å². The average Bonchev–Trinajstić information content (AvgIpc) is 1.94. The topological polar surface area (TPSA) is 9.23 Å². The van der Waals surface area contributed by atoms with Crippen LogP contribution in [0.25, 0.3) is 0 Å². The lowest BCUT2D eigenvalue weighted by Crippen LogP contribution is -2.19. The fourth-order valence-corrected chi connectivity index (χ4v) is 0.864. The Morgan fingerprint density at radius 1 is 1.17 bits per heavy atom. The molecule has 0 radical (unpaired) electrons. The third kappa shape index (κ3) is 9.70. The zero-order chi connectivity index (χ0) is 9.45. The molecule has 0 saturated heterocycles. The number of hydrogen-bond donors (Lipinski definition) is 0. The van der Waals surface area contributed by atoms with Crippen LogP contribution in [0.1, 0.15) is 47.0 Å². The molecule has 1 nitrogen and oxygen atoms in total. The second-order valence-corrected chi connectivity index (χ2v) is 3.98. The second-order valence-electron chi connectivity index (χ2n) is 3.98. The summed E-state index contributed by atoms with van der Waals surface area (Å²) in [5, 5.41) is 0. The molecule has 0 N–H and O–H groups in total. The number of unbranched alkanes of at least 4 members (excludes halogenated alkanes) is 1. The third-order valence-corrected chi connectivity index (χ3v) is 1.45. The van der Waals surface area contributed by atoms with Crippen molar-refractivity contribution in [3.8, 4) is 0 Å². The van der Waals surface area contributed by atoms with Crippen LogP contribution < -0.4 is 0 Å². The number of ether oxygens (including phenoxy) is 1. The monoisotopic (exact) mass is 170 g/mol. The van der Waals surface area contributed by atoms with E-state index in [9.17, 15) is 0 Å². The second kappa shape index (κ2) is 6.24. The first kappa shape index (κ1) is 11.7. The summed E-state index contributed by atoms with van der Waals surface area (Å²) in [7, 11) is 0. The molecule has 72 valence electrons. The van der Waals surface area contributed by atoms with Crippen molar-refractivity contribution in [2.75, 3.05) is 6.61 Å². The summed E-state index contributed by atoms with van der Waals surface area (Å²) < 4.78 is 5.58. The Morgan fingerprint density at radius 3 is 2.33 bits per heavy atom. The zero-order valence-corrected chi connectivity index (χ0v) is 8.89. The van der Waals surface area contributed by atoms with E-state index in [1.807, 2.05) is 0 Å². The van der Waals surface area contributed by atoms with Gasteiger partial charge in [0.1, 0.15) is 0 Å². The van der Waals surface area contributed by atoms with Gasteiger partial charge < -0.3 is 4.74 Å². The maximum absolute atomic E-state index is 5.58. The minimum absolute atomic E-state index is 0.0223. The normalized spacial score (nSPS) is 12.7. The van der Waals surface area contributed by atoms with Crippen LogP contribution in [-0.4, -0.2) is 12.2 Å². The lowest BCUT2D eigenvalue weighted by Gasteiger charge is -2.18. The summed E-state index contributed by atoms with van der Waals surface area (Å²) in [5.74, 6) is 0. The maximum atomic E-state index is 5.58. The predicted octanol–water partition coefficient (Wildman–Crippen LogP) is 3.55. The van der Waals surface area contributed by atoms with Gasteiger partial charge in [-0.05, 0) is 40.0 Å². The van der Waals surface area contributed by atoms with Crippen LogP contribution in [0.4, 0.5) is 0 Å². The van der Waals surface area contributed by atoms with Crippen molar-refractivity contribution in [1.29, 1.82) is 0 Å². The molecule has 0 aliphatic carbocycles. The SMILES string of the molecule is CC/C=C/CCCOC(C)(C)C. The van der Waals surface area contributed by atoms with Crippen LogP contribution in [0.2, 0.25) is 0 Å². The van der Waals surface area contributed by atoms with Gasteiger partial charge in [0.05, 0.1) is 5.60 Å².